The molecule has 0 spiro atoms. The number of hydrogen-bond acceptors (Lipinski definition) is 3. The first-order valence-electron chi connectivity index (χ1n) is 3.22. The Morgan fingerprint density at radius 2 is 2.07 bits per heavy atom. The van der Waals surface area contributed by atoms with Gasteiger partial charge in [0.05, 0.1) is 4.92 Å². The molecule has 0 amide bonds. The van der Waals surface area contributed by atoms with Crippen LogP contribution < -0.4 is 0 Å². The van der Waals surface area contributed by atoms with Crippen LogP contribution in [0.1, 0.15) is 12.1 Å². The van der Waals surface area contributed by atoms with Gasteiger partial charge in [0, 0.05) is 0 Å². The number of aromatic nitrogens is 1. The van der Waals surface area contributed by atoms with Crippen molar-refractivity contribution in [3.05, 3.63) is 32.1 Å². The third-order valence-corrected chi connectivity index (χ3v) is 1.88. The lowest BCUT2D eigenvalue weighted by Gasteiger charge is -2.01. The molecule has 0 radical (unpaired) electrons. The van der Waals surface area contributed by atoms with E-state index in [0.29, 0.717) is 0 Å². The van der Waals surface area contributed by atoms with Gasteiger partial charge >= 0.3 is 5.69 Å². The molecule has 8 heteroatoms. The van der Waals surface area contributed by atoms with Crippen LogP contribution in [0.25, 0.3) is 0 Å². The molecule has 0 N–H and O–H groups in total. The van der Waals surface area contributed by atoms with Crippen LogP contribution in [0.2, 0.25) is 10.2 Å². The SMILES string of the molecule is O=[N+]([O-])c1c(Cl)cc(C(F)F)nc1Cl. The second-order valence-electron chi connectivity index (χ2n) is 2.23. The smallest absolute Gasteiger partial charge is 0.258 e. The van der Waals surface area contributed by atoms with Crippen LogP contribution in [-0.2, 0) is 0 Å². The van der Waals surface area contributed by atoms with Crippen molar-refractivity contribution in [2.75, 3.05) is 0 Å². The maximum atomic E-state index is 12.1. The summed E-state index contributed by atoms with van der Waals surface area (Å²) in [4.78, 5) is 12.6. The van der Waals surface area contributed by atoms with Gasteiger partial charge in [0.15, 0.2) is 0 Å². The second kappa shape index (κ2) is 4.02. The first-order valence-corrected chi connectivity index (χ1v) is 3.97. The summed E-state index contributed by atoms with van der Waals surface area (Å²) >= 11 is 10.7. The number of nitrogens with zero attached hydrogens (tertiary/aromatic N) is 2. The predicted octanol–water partition coefficient (Wildman–Crippen LogP) is 3.23. The molecule has 0 aromatic carbocycles. The van der Waals surface area contributed by atoms with Crippen LogP contribution in [0.15, 0.2) is 6.07 Å². The molecule has 0 aliphatic heterocycles. The molecule has 0 fully saturated rings. The summed E-state index contributed by atoms with van der Waals surface area (Å²) in [5.74, 6) is 0. The van der Waals surface area contributed by atoms with E-state index in [1.54, 1.807) is 0 Å². The Labute approximate surface area is 86.6 Å². The van der Waals surface area contributed by atoms with Crippen LogP contribution in [0.5, 0.6) is 0 Å². The highest BCUT2D eigenvalue weighted by Crippen LogP contribution is 2.33. The van der Waals surface area contributed by atoms with Crippen molar-refractivity contribution < 1.29 is 13.7 Å². The topological polar surface area (TPSA) is 56.0 Å². The lowest BCUT2D eigenvalue weighted by molar-refractivity contribution is -0.384. The fourth-order valence-electron chi connectivity index (χ4n) is 0.770. The van der Waals surface area contributed by atoms with Gasteiger partial charge in [-0.15, -0.1) is 0 Å². The molecule has 0 saturated carbocycles. The summed E-state index contributed by atoms with van der Waals surface area (Å²) in [6, 6.07) is 0.718. The monoisotopic (exact) mass is 242 g/mol. The maximum Gasteiger partial charge on any atom is 0.324 e. The summed E-state index contributed by atoms with van der Waals surface area (Å²) in [5.41, 5.74) is -1.36. The number of rotatable bonds is 2. The number of pyridine rings is 1. The van der Waals surface area contributed by atoms with Crippen molar-refractivity contribution in [3.8, 4) is 0 Å². The fourth-order valence-corrected chi connectivity index (χ4v) is 1.36. The van der Waals surface area contributed by atoms with Gasteiger partial charge in [0.25, 0.3) is 6.43 Å². The van der Waals surface area contributed by atoms with Crippen molar-refractivity contribution in [3.63, 3.8) is 0 Å². The van der Waals surface area contributed by atoms with Crippen molar-refractivity contribution in [2.24, 2.45) is 0 Å². The zero-order valence-corrected chi connectivity index (χ0v) is 7.89. The molecule has 0 aliphatic rings. The number of hydrogen-bond donors (Lipinski definition) is 0. The molecule has 1 aromatic heterocycles. The Bertz CT molecular complexity index is 363. The highest BCUT2D eigenvalue weighted by molar-refractivity contribution is 6.37. The third kappa shape index (κ3) is 2.08. The Morgan fingerprint density at radius 3 is 2.43 bits per heavy atom. The minimum atomic E-state index is -2.87. The molecule has 0 unspecified atom stereocenters. The summed E-state index contributed by atoms with van der Waals surface area (Å²) < 4.78 is 24.2. The molecule has 1 aromatic rings. The highest BCUT2D eigenvalue weighted by Gasteiger charge is 2.23. The lowest BCUT2D eigenvalue weighted by Crippen LogP contribution is -1.97. The van der Waals surface area contributed by atoms with Gasteiger partial charge in [0.1, 0.15) is 10.7 Å². The zero-order chi connectivity index (χ0) is 10.9. The van der Waals surface area contributed by atoms with Crippen LogP contribution in [0.3, 0.4) is 0 Å². The van der Waals surface area contributed by atoms with E-state index in [4.69, 9.17) is 23.2 Å². The molecule has 0 atom stereocenters. The van der Waals surface area contributed by atoms with Crippen LogP contribution in [0.4, 0.5) is 14.5 Å². The van der Waals surface area contributed by atoms with Crippen molar-refractivity contribution in [1.82, 2.24) is 4.98 Å². The molecule has 0 saturated heterocycles. The van der Waals surface area contributed by atoms with Gasteiger partial charge in [-0.3, -0.25) is 10.1 Å². The van der Waals surface area contributed by atoms with E-state index in [-0.39, 0.29) is 0 Å². The average molecular weight is 243 g/mol. The molecule has 1 heterocycles. The van der Waals surface area contributed by atoms with Gasteiger partial charge in [-0.1, -0.05) is 23.2 Å². The van der Waals surface area contributed by atoms with E-state index in [1.165, 1.54) is 0 Å². The quantitative estimate of drug-likeness (QED) is 0.455. The molecular formula is C6H2Cl2F2N2O2. The Morgan fingerprint density at radius 1 is 1.50 bits per heavy atom. The fraction of sp³-hybridized carbons (Fsp3) is 0.167. The lowest BCUT2D eigenvalue weighted by atomic mass is 10.3. The van der Waals surface area contributed by atoms with E-state index >= 15 is 0 Å². The average Bonchev–Trinajstić information content (AvgIpc) is 2.01. The second-order valence-corrected chi connectivity index (χ2v) is 2.99. The van der Waals surface area contributed by atoms with E-state index in [1.807, 2.05) is 0 Å². The van der Waals surface area contributed by atoms with Crippen LogP contribution >= 0.6 is 23.2 Å². The van der Waals surface area contributed by atoms with Crippen LogP contribution in [0, 0.1) is 10.1 Å². The maximum absolute atomic E-state index is 12.1. The minimum Gasteiger partial charge on any atom is -0.258 e. The summed E-state index contributed by atoms with van der Waals surface area (Å²) in [7, 11) is 0. The first kappa shape index (κ1) is 11.1. The first-order chi connectivity index (χ1) is 6.43. The summed E-state index contributed by atoms with van der Waals surface area (Å²) in [5, 5.41) is 9.24. The standard InChI is InChI=1S/C6H2Cl2F2N2O2/c7-2-1-3(6(9)10)11-5(8)4(2)12(13)14/h1,6H. The normalized spacial score (nSPS) is 10.6. The molecule has 4 nitrogen and oxygen atoms in total. The minimum absolute atomic E-state index is 0.453. The Balaban J connectivity index is 3.32. The summed E-state index contributed by atoms with van der Waals surface area (Å²) in [6.07, 6.45) is -2.87. The molecular weight excluding hydrogens is 241 g/mol. The van der Waals surface area contributed by atoms with E-state index in [2.05, 4.69) is 4.98 Å². The Hall–Kier alpha value is -1.01. The molecule has 0 bridgehead atoms. The van der Waals surface area contributed by atoms with Gasteiger partial charge in [0.2, 0.25) is 5.15 Å². The molecule has 1 rings (SSSR count). The van der Waals surface area contributed by atoms with Crippen LogP contribution in [-0.4, -0.2) is 9.91 Å². The summed E-state index contributed by atoms with van der Waals surface area (Å²) in [6.45, 7) is 0. The Kier molecular flexibility index (Phi) is 3.17. The van der Waals surface area contributed by atoms with E-state index < -0.39 is 32.9 Å². The number of halogens is 4. The van der Waals surface area contributed by atoms with Crippen molar-refractivity contribution in [2.45, 2.75) is 6.43 Å². The van der Waals surface area contributed by atoms with Gasteiger partial charge in [-0.25, -0.2) is 13.8 Å². The van der Waals surface area contributed by atoms with Gasteiger partial charge in [-0.2, -0.15) is 0 Å². The van der Waals surface area contributed by atoms with Crippen molar-refractivity contribution >= 4 is 28.9 Å². The molecule has 0 aliphatic carbocycles. The van der Waals surface area contributed by atoms with E-state index in [9.17, 15) is 18.9 Å². The molecule has 14 heavy (non-hydrogen) atoms. The number of alkyl halides is 2. The third-order valence-electron chi connectivity index (χ3n) is 1.33. The van der Waals surface area contributed by atoms with Gasteiger partial charge < -0.3 is 0 Å². The highest BCUT2D eigenvalue weighted by atomic mass is 35.5. The largest absolute Gasteiger partial charge is 0.324 e. The van der Waals surface area contributed by atoms with Gasteiger partial charge in [-0.05, 0) is 6.07 Å². The number of nitro groups is 1. The zero-order valence-electron chi connectivity index (χ0n) is 6.38. The molecule has 76 valence electrons. The van der Waals surface area contributed by atoms with E-state index in [0.717, 1.165) is 6.07 Å². The van der Waals surface area contributed by atoms with Crippen molar-refractivity contribution in [1.29, 1.82) is 0 Å². The predicted molar refractivity (Wildman–Crippen MR) is 45.9 cm³/mol.